The lowest BCUT2D eigenvalue weighted by Gasteiger charge is -2.13. The van der Waals surface area contributed by atoms with Gasteiger partial charge in [0.2, 0.25) is 0 Å². The predicted octanol–water partition coefficient (Wildman–Crippen LogP) is 2.60. The van der Waals surface area contributed by atoms with Crippen LogP contribution in [0.15, 0.2) is 36.4 Å². The summed E-state index contributed by atoms with van der Waals surface area (Å²) in [5, 5.41) is 0. The molecule has 0 atom stereocenters. The van der Waals surface area contributed by atoms with Gasteiger partial charge in [0, 0.05) is 0 Å². The summed E-state index contributed by atoms with van der Waals surface area (Å²) >= 11 is 0. The summed E-state index contributed by atoms with van der Waals surface area (Å²) in [5.41, 5.74) is 2.98. The molecule has 2 bridgehead atoms. The normalized spacial score (nSPS) is 17.3. The van der Waals surface area contributed by atoms with Gasteiger partial charge in [-0.15, -0.1) is 0 Å². The molecule has 0 radical (unpaired) electrons. The van der Waals surface area contributed by atoms with E-state index in [-0.39, 0.29) is 0 Å². The third-order valence-electron chi connectivity index (χ3n) is 4.13. The maximum absolute atomic E-state index is 5.88. The molecule has 0 saturated heterocycles. The molecular weight excluding hydrogens is 348 g/mol. The number of hydrogen-bond acceptors (Lipinski definition) is 7. The van der Waals surface area contributed by atoms with E-state index in [1.165, 1.54) is 0 Å². The van der Waals surface area contributed by atoms with Gasteiger partial charge in [-0.2, -0.15) is 0 Å². The Morgan fingerprint density at radius 1 is 0.519 bits per heavy atom. The molecule has 0 aliphatic carbocycles. The maximum atomic E-state index is 5.88. The van der Waals surface area contributed by atoms with Crippen molar-refractivity contribution in [3.8, 4) is 11.5 Å². The molecule has 2 aromatic carbocycles. The van der Waals surface area contributed by atoms with E-state index < -0.39 is 0 Å². The standard InChI is InChI=1S/C20H22N2O5/c1-3-15-19-17(5-1)26-13-11-24-9-7-23-8-10-25-12-14-27-18-6-2-4-16(21-15)20(18)22-19/h1-6H,7-14H2. The van der Waals surface area contributed by atoms with Crippen LogP contribution in [-0.2, 0) is 14.2 Å². The third-order valence-corrected chi connectivity index (χ3v) is 4.13. The Hall–Kier alpha value is -2.48. The van der Waals surface area contributed by atoms with Gasteiger partial charge in [-0.1, -0.05) is 12.1 Å². The van der Waals surface area contributed by atoms with Crippen LogP contribution in [0.1, 0.15) is 0 Å². The van der Waals surface area contributed by atoms with Crippen LogP contribution in [0.5, 0.6) is 11.5 Å². The SMILES string of the molecule is c1cc2c3nc4c(cccc4nc3c1)OCCOCCOCCOCCO2. The Balaban J connectivity index is 1.66. The monoisotopic (exact) mass is 370 g/mol. The Labute approximate surface area is 157 Å². The fourth-order valence-corrected chi connectivity index (χ4v) is 2.86. The summed E-state index contributed by atoms with van der Waals surface area (Å²) in [6, 6.07) is 11.5. The first-order valence-corrected chi connectivity index (χ1v) is 9.10. The number of nitrogens with zero attached hydrogens (tertiary/aromatic N) is 2. The highest BCUT2D eigenvalue weighted by Gasteiger charge is 2.11. The average molecular weight is 370 g/mol. The van der Waals surface area contributed by atoms with E-state index in [4.69, 9.17) is 33.7 Å². The lowest BCUT2D eigenvalue weighted by Crippen LogP contribution is -2.14. The van der Waals surface area contributed by atoms with E-state index in [9.17, 15) is 0 Å². The maximum Gasteiger partial charge on any atom is 0.147 e. The summed E-state index contributed by atoms with van der Waals surface area (Å²) in [5.74, 6) is 1.36. The quantitative estimate of drug-likeness (QED) is 0.563. The zero-order valence-corrected chi connectivity index (χ0v) is 15.1. The molecule has 142 valence electrons. The van der Waals surface area contributed by atoms with Crippen LogP contribution in [0, 0.1) is 0 Å². The highest BCUT2D eigenvalue weighted by molar-refractivity contribution is 5.92. The van der Waals surface area contributed by atoms with Crippen molar-refractivity contribution in [3.05, 3.63) is 36.4 Å². The van der Waals surface area contributed by atoms with Crippen LogP contribution in [0.3, 0.4) is 0 Å². The Kier molecular flexibility index (Phi) is 5.93. The third kappa shape index (κ3) is 4.44. The van der Waals surface area contributed by atoms with Crippen LogP contribution in [0.25, 0.3) is 22.1 Å². The first-order chi connectivity index (χ1) is 13.4. The smallest absolute Gasteiger partial charge is 0.147 e. The van der Waals surface area contributed by atoms with Crippen LogP contribution in [-0.4, -0.2) is 62.8 Å². The molecule has 0 N–H and O–H groups in total. The van der Waals surface area contributed by atoms with Crippen molar-refractivity contribution in [2.45, 2.75) is 0 Å². The molecule has 2 heterocycles. The predicted molar refractivity (Wildman–Crippen MR) is 100 cm³/mol. The summed E-state index contributed by atoms with van der Waals surface area (Å²) in [7, 11) is 0. The molecule has 0 spiro atoms. The first-order valence-electron chi connectivity index (χ1n) is 9.10. The molecule has 4 rings (SSSR count). The zero-order chi connectivity index (χ0) is 18.3. The lowest BCUT2D eigenvalue weighted by atomic mass is 10.2. The van der Waals surface area contributed by atoms with E-state index in [1.54, 1.807) is 0 Å². The van der Waals surface area contributed by atoms with Gasteiger partial charge in [-0.3, -0.25) is 0 Å². The second-order valence-corrected chi connectivity index (χ2v) is 6.01. The van der Waals surface area contributed by atoms with E-state index in [2.05, 4.69) is 0 Å². The number of rotatable bonds is 0. The molecule has 0 saturated carbocycles. The Morgan fingerprint density at radius 3 is 1.44 bits per heavy atom. The zero-order valence-electron chi connectivity index (χ0n) is 15.1. The minimum Gasteiger partial charge on any atom is -0.489 e. The summed E-state index contributed by atoms with van der Waals surface area (Å²) < 4.78 is 28.3. The minimum absolute atomic E-state index is 0.431. The van der Waals surface area contributed by atoms with E-state index in [0.29, 0.717) is 75.4 Å². The minimum atomic E-state index is 0.431. The summed E-state index contributed by atoms with van der Waals surface area (Å²) in [6.07, 6.45) is 0. The van der Waals surface area contributed by atoms with Gasteiger partial charge < -0.3 is 23.7 Å². The number of ether oxygens (including phenoxy) is 5. The number of aromatic nitrogens is 2. The van der Waals surface area contributed by atoms with Crippen LogP contribution in [0.2, 0.25) is 0 Å². The van der Waals surface area contributed by atoms with Gasteiger partial charge in [0.1, 0.15) is 35.7 Å². The van der Waals surface area contributed by atoms with Gasteiger partial charge >= 0.3 is 0 Å². The molecule has 7 nitrogen and oxygen atoms in total. The van der Waals surface area contributed by atoms with Crippen molar-refractivity contribution >= 4 is 22.1 Å². The van der Waals surface area contributed by atoms with Crippen molar-refractivity contribution < 1.29 is 23.7 Å². The van der Waals surface area contributed by atoms with Gasteiger partial charge in [0.05, 0.1) is 50.7 Å². The van der Waals surface area contributed by atoms with Crippen LogP contribution < -0.4 is 9.47 Å². The Morgan fingerprint density at radius 2 is 0.963 bits per heavy atom. The number of para-hydroxylation sites is 2. The van der Waals surface area contributed by atoms with Gasteiger partial charge in [-0.25, -0.2) is 9.97 Å². The molecule has 7 heteroatoms. The van der Waals surface area contributed by atoms with E-state index in [0.717, 1.165) is 11.0 Å². The van der Waals surface area contributed by atoms with Crippen molar-refractivity contribution in [2.24, 2.45) is 0 Å². The number of hydrogen-bond donors (Lipinski definition) is 0. The second kappa shape index (κ2) is 8.94. The van der Waals surface area contributed by atoms with Crippen molar-refractivity contribution in [2.75, 3.05) is 52.9 Å². The number of benzene rings is 2. The topological polar surface area (TPSA) is 71.9 Å². The van der Waals surface area contributed by atoms with Gasteiger partial charge in [0.15, 0.2) is 0 Å². The van der Waals surface area contributed by atoms with E-state index in [1.807, 2.05) is 36.4 Å². The van der Waals surface area contributed by atoms with Gasteiger partial charge in [-0.05, 0) is 24.3 Å². The van der Waals surface area contributed by atoms with E-state index >= 15 is 0 Å². The molecule has 0 unspecified atom stereocenters. The molecule has 3 aromatic rings. The molecule has 1 aliphatic rings. The fraction of sp³-hybridized carbons (Fsp3) is 0.400. The first kappa shape index (κ1) is 17.9. The van der Waals surface area contributed by atoms with Crippen LogP contribution in [0.4, 0.5) is 0 Å². The molecule has 0 amide bonds. The molecular formula is C20H22N2O5. The fourth-order valence-electron chi connectivity index (χ4n) is 2.86. The summed E-state index contributed by atoms with van der Waals surface area (Å²) in [6.45, 7) is 3.93. The Bertz CT molecular complexity index is 833. The average Bonchev–Trinajstić information content (AvgIpc) is 2.69. The molecule has 1 aromatic heterocycles. The van der Waals surface area contributed by atoms with Crippen molar-refractivity contribution in [1.82, 2.24) is 9.97 Å². The van der Waals surface area contributed by atoms with Crippen molar-refractivity contribution in [3.63, 3.8) is 0 Å². The second-order valence-electron chi connectivity index (χ2n) is 6.01. The highest BCUT2D eigenvalue weighted by Crippen LogP contribution is 2.29. The van der Waals surface area contributed by atoms with Crippen molar-refractivity contribution in [1.29, 1.82) is 0 Å². The largest absolute Gasteiger partial charge is 0.489 e. The lowest BCUT2D eigenvalue weighted by molar-refractivity contribution is 0.00506. The van der Waals surface area contributed by atoms with Crippen LogP contribution >= 0.6 is 0 Å². The molecule has 27 heavy (non-hydrogen) atoms. The summed E-state index contributed by atoms with van der Waals surface area (Å²) in [4.78, 5) is 9.50. The molecule has 0 fully saturated rings. The highest BCUT2D eigenvalue weighted by atomic mass is 16.6. The molecule has 1 aliphatic heterocycles. The van der Waals surface area contributed by atoms with Gasteiger partial charge in [0.25, 0.3) is 0 Å².